The number of amides is 1. The Labute approximate surface area is 194 Å². The van der Waals surface area contributed by atoms with Crippen LogP contribution in [0.2, 0.25) is 0 Å². The van der Waals surface area contributed by atoms with Crippen molar-refractivity contribution in [3.8, 4) is 5.75 Å². The summed E-state index contributed by atoms with van der Waals surface area (Å²) in [6.07, 6.45) is 5.79. The van der Waals surface area contributed by atoms with Gasteiger partial charge in [-0.2, -0.15) is 0 Å². The topological polar surface area (TPSA) is 54.5 Å². The van der Waals surface area contributed by atoms with Gasteiger partial charge in [0, 0.05) is 19.5 Å². The van der Waals surface area contributed by atoms with Gasteiger partial charge in [0.15, 0.2) is 0 Å². The lowest BCUT2D eigenvalue weighted by molar-refractivity contribution is -0.121. The molecule has 2 heterocycles. The van der Waals surface area contributed by atoms with Gasteiger partial charge in [-0.05, 0) is 80.9 Å². The second kappa shape index (κ2) is 11.4. The van der Waals surface area contributed by atoms with Crippen molar-refractivity contribution in [1.82, 2.24) is 15.2 Å². The number of rotatable bonds is 10. The van der Waals surface area contributed by atoms with E-state index in [0.29, 0.717) is 12.3 Å². The van der Waals surface area contributed by atoms with Crippen LogP contribution in [0.15, 0.2) is 48.5 Å². The monoisotopic (exact) mass is 451 g/mol. The van der Waals surface area contributed by atoms with Crippen LogP contribution in [0, 0.1) is 5.92 Å². The molecule has 5 nitrogen and oxygen atoms in total. The lowest BCUT2D eigenvalue weighted by atomic mass is 9.96. The number of hydrogen-bond acceptors (Lipinski definition) is 5. The molecule has 6 heteroatoms. The molecule has 0 atom stereocenters. The molecule has 0 bridgehead atoms. The molecule has 2 aromatic carbocycles. The predicted molar refractivity (Wildman–Crippen MR) is 131 cm³/mol. The highest BCUT2D eigenvalue weighted by Gasteiger charge is 2.19. The molecule has 1 fully saturated rings. The van der Waals surface area contributed by atoms with Crippen molar-refractivity contribution in [2.45, 2.75) is 45.1 Å². The quantitative estimate of drug-likeness (QED) is 0.439. The van der Waals surface area contributed by atoms with E-state index in [4.69, 9.17) is 4.74 Å². The molecule has 4 rings (SSSR count). The minimum absolute atomic E-state index is 0.190. The van der Waals surface area contributed by atoms with E-state index >= 15 is 0 Å². The number of ether oxygens (including phenoxy) is 1. The maximum absolute atomic E-state index is 12.3. The van der Waals surface area contributed by atoms with E-state index < -0.39 is 0 Å². The number of carbonyl (C=O) groups is 1. The van der Waals surface area contributed by atoms with Crippen LogP contribution in [-0.2, 0) is 17.8 Å². The standard InChI is InChI=1S/C26H33N3O2S/c1-31-22-12-10-21(11-13-22)19-29-16-14-20(15-17-29)18-27-25(30)8-4-5-9-26-28-23-6-2-3-7-24(23)32-26/h2-3,6-7,10-13,20H,4-5,8-9,14-19H2,1H3,(H,27,30). The van der Waals surface area contributed by atoms with Gasteiger partial charge < -0.3 is 10.1 Å². The first-order valence-corrected chi connectivity index (χ1v) is 12.5. The zero-order chi connectivity index (χ0) is 22.2. The summed E-state index contributed by atoms with van der Waals surface area (Å²) in [5.41, 5.74) is 2.41. The zero-order valence-corrected chi connectivity index (χ0v) is 19.7. The number of hydrogen-bond donors (Lipinski definition) is 1. The van der Waals surface area contributed by atoms with Crippen LogP contribution in [0.1, 0.15) is 42.7 Å². The highest BCUT2D eigenvalue weighted by molar-refractivity contribution is 7.18. The number of carbonyl (C=O) groups excluding carboxylic acids is 1. The number of aryl methyl sites for hydroxylation is 1. The Bertz CT molecular complexity index is 961. The molecule has 3 aromatic rings. The summed E-state index contributed by atoms with van der Waals surface area (Å²) in [4.78, 5) is 19.4. The lowest BCUT2D eigenvalue weighted by Crippen LogP contribution is -2.38. The molecule has 0 aliphatic carbocycles. The fraction of sp³-hybridized carbons (Fsp3) is 0.462. The molecular formula is C26H33N3O2S. The maximum Gasteiger partial charge on any atom is 0.220 e. The minimum atomic E-state index is 0.190. The van der Waals surface area contributed by atoms with Crippen LogP contribution >= 0.6 is 11.3 Å². The normalized spacial score (nSPS) is 15.2. The third-order valence-electron chi connectivity index (χ3n) is 6.24. The summed E-state index contributed by atoms with van der Waals surface area (Å²) in [6, 6.07) is 16.6. The first kappa shape index (κ1) is 22.7. The Balaban J connectivity index is 1.08. The fourth-order valence-corrected chi connectivity index (χ4v) is 5.28. The van der Waals surface area contributed by atoms with Crippen molar-refractivity contribution in [2.75, 3.05) is 26.7 Å². The van der Waals surface area contributed by atoms with Crippen LogP contribution in [-0.4, -0.2) is 42.5 Å². The number of piperidine rings is 1. The van der Waals surface area contributed by atoms with Gasteiger partial charge in [-0.1, -0.05) is 24.3 Å². The smallest absolute Gasteiger partial charge is 0.220 e. The average molecular weight is 452 g/mol. The van der Waals surface area contributed by atoms with Crippen molar-refractivity contribution < 1.29 is 9.53 Å². The SMILES string of the molecule is COc1ccc(CN2CCC(CNC(=O)CCCCc3nc4ccccc4s3)CC2)cc1. The van der Waals surface area contributed by atoms with Gasteiger partial charge in [0.1, 0.15) is 5.75 Å². The molecule has 1 amide bonds. The first-order chi connectivity index (χ1) is 15.7. The molecule has 0 unspecified atom stereocenters. The Morgan fingerprint density at radius 3 is 2.66 bits per heavy atom. The second-order valence-electron chi connectivity index (χ2n) is 8.65. The number of thiazole rings is 1. The fourth-order valence-electron chi connectivity index (χ4n) is 4.27. The van der Waals surface area contributed by atoms with Gasteiger partial charge in [-0.15, -0.1) is 11.3 Å². The molecule has 1 aliphatic heterocycles. The minimum Gasteiger partial charge on any atom is -0.497 e. The number of nitrogens with zero attached hydrogens (tertiary/aromatic N) is 2. The number of likely N-dealkylation sites (tertiary alicyclic amines) is 1. The number of benzene rings is 2. The molecule has 0 spiro atoms. The molecule has 0 saturated carbocycles. The van der Waals surface area contributed by atoms with Gasteiger partial charge in [0.05, 0.1) is 22.3 Å². The van der Waals surface area contributed by atoms with Crippen molar-refractivity contribution in [3.63, 3.8) is 0 Å². The molecule has 1 N–H and O–H groups in total. The lowest BCUT2D eigenvalue weighted by Gasteiger charge is -2.32. The molecule has 1 saturated heterocycles. The van der Waals surface area contributed by atoms with E-state index in [1.54, 1.807) is 18.4 Å². The van der Waals surface area contributed by atoms with Crippen LogP contribution in [0.3, 0.4) is 0 Å². The molecule has 1 aliphatic rings. The predicted octanol–water partition coefficient (Wildman–Crippen LogP) is 5.05. The molecule has 32 heavy (non-hydrogen) atoms. The van der Waals surface area contributed by atoms with Crippen molar-refractivity contribution in [3.05, 3.63) is 59.1 Å². The third kappa shape index (κ3) is 6.53. The Hall–Kier alpha value is -2.44. The third-order valence-corrected chi connectivity index (χ3v) is 7.34. The molecule has 170 valence electrons. The van der Waals surface area contributed by atoms with Gasteiger partial charge in [0.2, 0.25) is 5.91 Å². The Morgan fingerprint density at radius 2 is 1.91 bits per heavy atom. The molecular weight excluding hydrogens is 418 g/mol. The number of para-hydroxylation sites is 1. The number of unbranched alkanes of at least 4 members (excludes halogenated alkanes) is 1. The van der Waals surface area contributed by atoms with Crippen molar-refractivity contribution >= 4 is 27.5 Å². The van der Waals surface area contributed by atoms with E-state index in [1.807, 2.05) is 18.2 Å². The summed E-state index contributed by atoms with van der Waals surface area (Å²) in [6.45, 7) is 3.98. The summed E-state index contributed by atoms with van der Waals surface area (Å²) < 4.78 is 6.48. The number of nitrogens with one attached hydrogen (secondary N) is 1. The Morgan fingerprint density at radius 1 is 1.12 bits per heavy atom. The van der Waals surface area contributed by atoms with Gasteiger partial charge in [0.25, 0.3) is 0 Å². The van der Waals surface area contributed by atoms with Crippen molar-refractivity contribution in [1.29, 1.82) is 0 Å². The largest absolute Gasteiger partial charge is 0.497 e. The van der Waals surface area contributed by atoms with E-state index in [0.717, 1.165) is 69.5 Å². The number of fused-ring (bicyclic) bond motifs is 1. The van der Waals surface area contributed by atoms with Crippen LogP contribution in [0.5, 0.6) is 5.75 Å². The van der Waals surface area contributed by atoms with E-state index in [1.165, 1.54) is 15.3 Å². The first-order valence-electron chi connectivity index (χ1n) is 11.7. The van der Waals surface area contributed by atoms with E-state index in [9.17, 15) is 4.79 Å². The highest BCUT2D eigenvalue weighted by atomic mass is 32.1. The number of aromatic nitrogens is 1. The average Bonchev–Trinajstić information content (AvgIpc) is 3.25. The van der Waals surface area contributed by atoms with Crippen molar-refractivity contribution in [2.24, 2.45) is 5.92 Å². The van der Waals surface area contributed by atoms with Gasteiger partial charge in [-0.3, -0.25) is 9.69 Å². The summed E-state index contributed by atoms with van der Waals surface area (Å²) in [7, 11) is 1.70. The van der Waals surface area contributed by atoms with Crippen LogP contribution < -0.4 is 10.1 Å². The highest BCUT2D eigenvalue weighted by Crippen LogP contribution is 2.23. The maximum atomic E-state index is 12.3. The van der Waals surface area contributed by atoms with E-state index in [-0.39, 0.29) is 5.91 Å². The van der Waals surface area contributed by atoms with Crippen LogP contribution in [0.4, 0.5) is 0 Å². The summed E-state index contributed by atoms with van der Waals surface area (Å²) in [5.74, 6) is 1.68. The number of methoxy groups -OCH3 is 1. The van der Waals surface area contributed by atoms with Gasteiger partial charge in [-0.25, -0.2) is 4.98 Å². The Kier molecular flexibility index (Phi) is 8.13. The second-order valence-corrected chi connectivity index (χ2v) is 9.77. The zero-order valence-electron chi connectivity index (χ0n) is 18.9. The van der Waals surface area contributed by atoms with Crippen LogP contribution in [0.25, 0.3) is 10.2 Å². The summed E-state index contributed by atoms with van der Waals surface area (Å²) >= 11 is 1.77. The van der Waals surface area contributed by atoms with Gasteiger partial charge >= 0.3 is 0 Å². The summed E-state index contributed by atoms with van der Waals surface area (Å²) in [5, 5.41) is 4.34. The van der Waals surface area contributed by atoms with E-state index in [2.05, 4.69) is 45.5 Å². The molecule has 0 radical (unpaired) electrons. The molecule has 1 aromatic heterocycles.